The predicted molar refractivity (Wildman–Crippen MR) is 391 cm³/mol. The summed E-state index contributed by atoms with van der Waals surface area (Å²) in [5, 5.41) is 20.3. The highest BCUT2D eigenvalue weighted by Gasteiger charge is 2.29. The third-order valence-corrected chi connectivity index (χ3v) is 20.3. The van der Waals surface area contributed by atoms with E-state index in [4.69, 9.17) is 37.3 Å². The molecule has 3 aromatic carbocycles. The average molecular weight is 1390 g/mol. The first-order valence-corrected chi connectivity index (χ1v) is 36.0. The number of benzene rings is 3. The summed E-state index contributed by atoms with van der Waals surface area (Å²) in [5.74, 6) is 8.65. The Morgan fingerprint density at radius 3 is 1.03 bits per heavy atom. The largest absolute Gasteiger partial charge is 0.493 e. The first-order valence-electron chi connectivity index (χ1n) is 36.0. The van der Waals surface area contributed by atoms with Gasteiger partial charge in [-0.2, -0.15) is 0 Å². The van der Waals surface area contributed by atoms with E-state index in [1.54, 1.807) is 14.2 Å². The van der Waals surface area contributed by atoms with Gasteiger partial charge in [-0.15, -0.1) is 24.8 Å². The van der Waals surface area contributed by atoms with Gasteiger partial charge in [0.05, 0.1) is 67.8 Å². The van der Waals surface area contributed by atoms with Crippen molar-refractivity contribution in [1.29, 1.82) is 0 Å². The number of piperidine rings is 3. The molecule has 6 fully saturated rings. The molecule has 0 amide bonds. The number of aryl methyl sites for hydroxylation is 3. The fraction of sp³-hybridized carbons (Fsp3) is 0.597. The summed E-state index contributed by atoms with van der Waals surface area (Å²) in [5.41, 5.74) is 11.8. The quantitative estimate of drug-likeness (QED) is 0.0449. The van der Waals surface area contributed by atoms with Crippen molar-refractivity contribution in [2.24, 2.45) is 35.5 Å². The summed E-state index contributed by atoms with van der Waals surface area (Å²) in [6.07, 6.45) is 25.5. The Morgan fingerprint density at radius 1 is 0.418 bits per heavy atom. The van der Waals surface area contributed by atoms with E-state index in [0.717, 1.165) is 243 Å². The molecule has 3 aliphatic heterocycles. The molecule has 1 N–H and O–H groups in total. The lowest BCUT2D eigenvalue weighted by atomic mass is 9.91. The molecule has 19 nitrogen and oxygen atoms in total. The molecule has 21 heteroatoms. The lowest BCUT2D eigenvalue weighted by molar-refractivity contribution is 0.172. The van der Waals surface area contributed by atoms with E-state index in [0.29, 0.717) is 11.8 Å². The molecule has 3 saturated carbocycles. The standard InChI is InChI=1S/2C28H38N4O3.C21H31N3O2.2ClH/c2*1-31(2)18-24-26(34-19-21-4-5-21)10-8-23-25(30-35-28(23)24)9-6-20-12-14-32(15-13-20)17-22-7-11-27(33-3)29-16-22;1-24(2)13-18-20(25-14-16-3-4-16)8-6-17-19(23-26-21(17)18)7-5-15-9-11-22-12-10-15;;/h2*7-8,10-11,16,20-21H,4-6,9,12-15,17-19H2,1-3H3;6,8,15-16,22H,3-5,7,9-14H2,1-2H3;2*1H. The Balaban J connectivity index is 0.000000160. The van der Waals surface area contributed by atoms with E-state index in [1.165, 1.54) is 94.6 Å². The molecule has 0 spiro atoms. The van der Waals surface area contributed by atoms with Gasteiger partial charge >= 0.3 is 0 Å². The third kappa shape index (κ3) is 21.1. The lowest BCUT2D eigenvalue weighted by Crippen LogP contribution is -2.33. The first kappa shape index (κ1) is 74.4. The summed E-state index contributed by atoms with van der Waals surface area (Å²) in [4.78, 5) is 20.2. The van der Waals surface area contributed by atoms with Crippen molar-refractivity contribution in [2.75, 3.05) is 116 Å². The number of hydrogen-bond acceptors (Lipinski definition) is 19. The van der Waals surface area contributed by atoms with Gasteiger partial charge in [-0.05, 0) is 280 Å². The van der Waals surface area contributed by atoms with Crippen LogP contribution in [-0.4, -0.2) is 166 Å². The van der Waals surface area contributed by atoms with Crippen molar-refractivity contribution in [2.45, 2.75) is 148 Å². The van der Waals surface area contributed by atoms with Crippen LogP contribution in [0.3, 0.4) is 0 Å². The Morgan fingerprint density at radius 2 is 0.745 bits per heavy atom. The van der Waals surface area contributed by atoms with Gasteiger partial charge in [0, 0.05) is 73.4 Å². The third-order valence-electron chi connectivity index (χ3n) is 20.3. The molecule has 14 rings (SSSR count). The number of hydrogen-bond donors (Lipinski definition) is 1. The molecule has 3 aliphatic carbocycles. The van der Waals surface area contributed by atoms with E-state index in [2.05, 4.69) is 146 Å². The summed E-state index contributed by atoms with van der Waals surface area (Å²) in [7, 11) is 15.8. The zero-order chi connectivity index (χ0) is 66.3. The van der Waals surface area contributed by atoms with Crippen LogP contribution >= 0.6 is 24.8 Å². The number of aromatic nitrogens is 5. The molecule has 8 aromatic rings. The maximum Gasteiger partial charge on any atom is 0.212 e. The van der Waals surface area contributed by atoms with E-state index < -0.39 is 0 Å². The Kier molecular flexibility index (Phi) is 27.6. The van der Waals surface area contributed by atoms with E-state index >= 15 is 0 Å². The van der Waals surface area contributed by atoms with E-state index in [9.17, 15) is 0 Å². The highest BCUT2D eigenvalue weighted by molar-refractivity contribution is 5.87. The van der Waals surface area contributed by atoms with Crippen LogP contribution in [0.1, 0.15) is 141 Å². The molecule has 5 aromatic heterocycles. The number of nitrogens with one attached hydrogen (secondary N) is 1. The topological polar surface area (TPSA) is 178 Å². The molecule has 98 heavy (non-hydrogen) atoms. The van der Waals surface area contributed by atoms with Gasteiger partial charge in [0.15, 0.2) is 16.7 Å². The number of likely N-dealkylation sites (tertiary alicyclic amines) is 2. The lowest BCUT2D eigenvalue weighted by Gasteiger charge is -2.31. The molecule has 8 heterocycles. The summed E-state index contributed by atoms with van der Waals surface area (Å²) < 4.78 is 46.4. The highest BCUT2D eigenvalue weighted by Crippen LogP contribution is 2.39. The SMILES string of the molecule is CN(C)Cc1c(OCC2CC2)ccc2c(CCC3CCNCC3)noc12.COc1ccc(CN2CCC(CCc3noc4c(CN(C)C)c(OCC5CC5)ccc34)CC2)cn1.COc1ccc(CN2CCC(CCc3noc4c(CN(C)C)c(OCC5CC5)ccc34)CC2)cn1.Cl.Cl. The molecule has 534 valence electrons. The van der Waals surface area contributed by atoms with E-state index in [-0.39, 0.29) is 24.8 Å². The fourth-order valence-corrected chi connectivity index (χ4v) is 13.9. The molecule has 3 saturated heterocycles. The molecule has 0 radical (unpaired) electrons. The monoisotopic (exact) mass is 1390 g/mol. The van der Waals surface area contributed by atoms with Gasteiger partial charge in [-0.1, -0.05) is 27.6 Å². The number of halogens is 2. The zero-order valence-corrected chi connectivity index (χ0v) is 61.2. The summed E-state index contributed by atoms with van der Waals surface area (Å²) in [6.45, 7) is 13.5. The van der Waals surface area contributed by atoms with Crippen LogP contribution < -0.4 is 29.0 Å². The average Bonchev–Trinajstić information content (AvgIpc) is 1.65. The minimum Gasteiger partial charge on any atom is -0.493 e. The maximum absolute atomic E-state index is 6.17. The number of fused-ring (bicyclic) bond motifs is 3. The minimum atomic E-state index is 0. The van der Waals surface area contributed by atoms with Crippen LogP contribution in [0.4, 0.5) is 0 Å². The van der Waals surface area contributed by atoms with Crippen LogP contribution in [0.15, 0.2) is 86.6 Å². The Labute approximate surface area is 593 Å². The van der Waals surface area contributed by atoms with Gasteiger partial charge in [-0.25, -0.2) is 9.97 Å². The molecule has 6 aliphatic rings. The first-order chi connectivity index (χ1) is 46.9. The molecule has 0 unspecified atom stereocenters. The van der Waals surface area contributed by atoms with Crippen LogP contribution in [-0.2, 0) is 52.0 Å². The van der Waals surface area contributed by atoms with Crippen molar-refractivity contribution in [1.82, 2.24) is 55.3 Å². The second-order valence-corrected chi connectivity index (χ2v) is 29.3. The van der Waals surface area contributed by atoms with Crippen LogP contribution in [0, 0.1) is 35.5 Å². The van der Waals surface area contributed by atoms with Gasteiger partial charge in [0.2, 0.25) is 11.8 Å². The van der Waals surface area contributed by atoms with Crippen LogP contribution in [0.2, 0.25) is 0 Å². The second-order valence-electron chi connectivity index (χ2n) is 29.3. The zero-order valence-electron chi connectivity index (χ0n) is 59.6. The van der Waals surface area contributed by atoms with Crippen molar-refractivity contribution >= 4 is 57.7 Å². The minimum absolute atomic E-state index is 0. The smallest absolute Gasteiger partial charge is 0.212 e. The number of rotatable bonds is 30. The predicted octanol–water partition coefficient (Wildman–Crippen LogP) is 14.3. The van der Waals surface area contributed by atoms with Gasteiger partial charge < -0.3 is 57.3 Å². The summed E-state index contributed by atoms with van der Waals surface area (Å²) in [6, 6.07) is 20.9. The molecule has 0 bridgehead atoms. The van der Waals surface area contributed by atoms with Crippen LogP contribution in [0.25, 0.3) is 32.9 Å². The van der Waals surface area contributed by atoms with Crippen molar-refractivity contribution in [3.8, 4) is 29.0 Å². The highest BCUT2D eigenvalue weighted by atomic mass is 35.5. The molecular weight excluding hydrogens is 1280 g/mol. The van der Waals surface area contributed by atoms with Crippen molar-refractivity contribution in [3.05, 3.63) is 118 Å². The Bertz CT molecular complexity index is 3520. The van der Waals surface area contributed by atoms with Crippen molar-refractivity contribution in [3.63, 3.8) is 0 Å². The van der Waals surface area contributed by atoms with Gasteiger partial charge in [0.1, 0.15) is 17.2 Å². The number of methoxy groups -OCH3 is 2. The molecule has 0 atom stereocenters. The maximum atomic E-state index is 6.17. The van der Waals surface area contributed by atoms with Crippen LogP contribution in [0.5, 0.6) is 29.0 Å². The normalized spacial score (nSPS) is 17.4. The number of pyridine rings is 2. The number of ether oxygens (including phenoxy) is 5. The van der Waals surface area contributed by atoms with Gasteiger partial charge in [-0.3, -0.25) is 9.80 Å². The Hall–Kier alpha value is -6.29. The second kappa shape index (κ2) is 36.4. The van der Waals surface area contributed by atoms with E-state index in [1.807, 2.05) is 24.5 Å². The van der Waals surface area contributed by atoms with Gasteiger partial charge in [0.25, 0.3) is 0 Å². The summed E-state index contributed by atoms with van der Waals surface area (Å²) >= 11 is 0. The fourth-order valence-electron chi connectivity index (χ4n) is 13.9. The molecular formula is C77H109Cl2N11O8. The van der Waals surface area contributed by atoms with Crippen molar-refractivity contribution < 1.29 is 37.3 Å². The number of nitrogens with zero attached hydrogens (tertiary/aromatic N) is 10.